The Bertz CT molecular complexity index is 741. The molecule has 0 aliphatic heterocycles. The van der Waals surface area contributed by atoms with Gasteiger partial charge in [0, 0.05) is 11.3 Å². The Labute approximate surface area is 124 Å². The number of hydrogen-bond acceptors (Lipinski definition) is 3. The normalized spacial score (nSPS) is 11.0. The molecule has 0 bridgehead atoms. The van der Waals surface area contributed by atoms with E-state index in [0.29, 0.717) is 17.6 Å². The van der Waals surface area contributed by atoms with E-state index >= 15 is 0 Å². The molecule has 0 radical (unpaired) electrons. The zero-order valence-corrected chi connectivity index (χ0v) is 12.5. The van der Waals surface area contributed by atoms with Gasteiger partial charge in [0.15, 0.2) is 11.6 Å². The maximum atomic E-state index is 4.54. The van der Waals surface area contributed by atoms with Gasteiger partial charge in [-0.25, -0.2) is 9.97 Å². The highest BCUT2D eigenvalue weighted by Crippen LogP contribution is 2.21. The first-order chi connectivity index (χ1) is 10.1. The predicted molar refractivity (Wildman–Crippen MR) is 83.9 cm³/mol. The summed E-state index contributed by atoms with van der Waals surface area (Å²) in [5.41, 5.74) is 4.10. The summed E-state index contributed by atoms with van der Waals surface area (Å²) in [5.74, 6) is 1.92. The zero-order valence-electron chi connectivity index (χ0n) is 12.5. The lowest BCUT2D eigenvalue weighted by atomic mass is 10.0. The molecular formula is C17H18N4. The van der Waals surface area contributed by atoms with Gasteiger partial charge in [-0.05, 0) is 30.5 Å². The number of aromatic nitrogens is 4. The SMILES string of the molecule is Cc1cccc(-c2nc(-c3ccc(C(C)C)cc3)n[nH]2)n1. The fraction of sp³-hybridized carbons (Fsp3) is 0.235. The molecule has 0 atom stereocenters. The molecular weight excluding hydrogens is 260 g/mol. The molecule has 1 aromatic carbocycles. The first-order valence-electron chi connectivity index (χ1n) is 7.10. The number of H-pyrrole nitrogens is 1. The summed E-state index contributed by atoms with van der Waals surface area (Å²) in [7, 11) is 0. The van der Waals surface area contributed by atoms with Crippen LogP contribution in [0.4, 0.5) is 0 Å². The second-order valence-corrected chi connectivity index (χ2v) is 5.45. The van der Waals surface area contributed by atoms with E-state index in [2.05, 4.69) is 58.3 Å². The Morgan fingerprint density at radius 1 is 0.952 bits per heavy atom. The Kier molecular flexibility index (Phi) is 3.52. The third-order valence-corrected chi connectivity index (χ3v) is 3.45. The molecule has 0 aliphatic carbocycles. The first-order valence-corrected chi connectivity index (χ1v) is 7.10. The Balaban J connectivity index is 1.91. The second kappa shape index (κ2) is 5.48. The number of hydrogen-bond donors (Lipinski definition) is 1. The largest absolute Gasteiger partial charge is 0.257 e. The maximum Gasteiger partial charge on any atom is 0.181 e. The lowest BCUT2D eigenvalue weighted by Gasteiger charge is -2.04. The van der Waals surface area contributed by atoms with Crippen molar-refractivity contribution in [2.75, 3.05) is 0 Å². The molecule has 0 saturated carbocycles. The van der Waals surface area contributed by atoms with Gasteiger partial charge in [-0.1, -0.05) is 44.2 Å². The summed E-state index contributed by atoms with van der Waals surface area (Å²) in [5, 5.41) is 7.25. The standard InChI is InChI=1S/C17H18N4/c1-11(2)13-7-9-14(10-8-13)16-19-17(21-20-16)15-6-4-5-12(3)18-15/h4-11H,1-3H3,(H,19,20,21). The van der Waals surface area contributed by atoms with Crippen LogP contribution in [0.3, 0.4) is 0 Å². The van der Waals surface area contributed by atoms with Crippen LogP contribution in [0.5, 0.6) is 0 Å². The van der Waals surface area contributed by atoms with Crippen LogP contribution in [0.15, 0.2) is 42.5 Å². The van der Waals surface area contributed by atoms with E-state index in [1.807, 2.05) is 25.1 Å². The summed E-state index contributed by atoms with van der Waals surface area (Å²) in [4.78, 5) is 8.99. The van der Waals surface area contributed by atoms with Gasteiger partial charge < -0.3 is 0 Å². The van der Waals surface area contributed by atoms with Crippen molar-refractivity contribution < 1.29 is 0 Å². The van der Waals surface area contributed by atoms with Gasteiger partial charge in [0.2, 0.25) is 0 Å². The van der Waals surface area contributed by atoms with Crippen molar-refractivity contribution in [3.63, 3.8) is 0 Å². The van der Waals surface area contributed by atoms with E-state index in [4.69, 9.17) is 0 Å². The minimum atomic E-state index is 0.526. The Morgan fingerprint density at radius 2 is 1.71 bits per heavy atom. The smallest absolute Gasteiger partial charge is 0.181 e. The maximum absolute atomic E-state index is 4.54. The van der Waals surface area contributed by atoms with Gasteiger partial charge in [0.25, 0.3) is 0 Å². The Hall–Kier alpha value is -2.49. The molecule has 4 heteroatoms. The van der Waals surface area contributed by atoms with Crippen LogP contribution < -0.4 is 0 Å². The number of rotatable bonds is 3. The highest BCUT2D eigenvalue weighted by molar-refractivity contribution is 5.59. The van der Waals surface area contributed by atoms with Crippen molar-refractivity contribution in [2.24, 2.45) is 0 Å². The van der Waals surface area contributed by atoms with E-state index in [-0.39, 0.29) is 0 Å². The molecule has 106 valence electrons. The molecule has 2 heterocycles. The minimum absolute atomic E-state index is 0.526. The van der Waals surface area contributed by atoms with E-state index in [1.165, 1.54) is 5.56 Å². The van der Waals surface area contributed by atoms with Gasteiger partial charge >= 0.3 is 0 Å². The lowest BCUT2D eigenvalue weighted by Crippen LogP contribution is -1.88. The molecule has 2 aromatic heterocycles. The van der Waals surface area contributed by atoms with Crippen molar-refractivity contribution in [1.29, 1.82) is 0 Å². The summed E-state index contributed by atoms with van der Waals surface area (Å²) in [6.07, 6.45) is 0. The fourth-order valence-corrected chi connectivity index (χ4v) is 2.20. The third kappa shape index (κ3) is 2.84. The summed E-state index contributed by atoms with van der Waals surface area (Å²) in [6.45, 7) is 6.33. The first kappa shape index (κ1) is 13.5. The van der Waals surface area contributed by atoms with Crippen molar-refractivity contribution in [1.82, 2.24) is 20.2 Å². The predicted octanol–water partition coefficient (Wildman–Crippen LogP) is 3.97. The monoisotopic (exact) mass is 278 g/mol. The average Bonchev–Trinajstić information content (AvgIpc) is 2.97. The molecule has 3 rings (SSSR count). The van der Waals surface area contributed by atoms with Crippen molar-refractivity contribution >= 4 is 0 Å². The van der Waals surface area contributed by atoms with Crippen LogP contribution in [0.1, 0.15) is 31.0 Å². The molecule has 21 heavy (non-hydrogen) atoms. The molecule has 0 amide bonds. The number of aromatic amines is 1. The topological polar surface area (TPSA) is 54.5 Å². The van der Waals surface area contributed by atoms with Gasteiger partial charge in [0.05, 0.1) is 0 Å². The quantitative estimate of drug-likeness (QED) is 0.788. The number of benzene rings is 1. The highest BCUT2D eigenvalue weighted by atomic mass is 15.2. The molecule has 1 N–H and O–H groups in total. The Morgan fingerprint density at radius 3 is 2.38 bits per heavy atom. The van der Waals surface area contributed by atoms with E-state index < -0.39 is 0 Å². The molecule has 0 fully saturated rings. The third-order valence-electron chi connectivity index (χ3n) is 3.45. The van der Waals surface area contributed by atoms with Crippen LogP contribution in [0.2, 0.25) is 0 Å². The average molecular weight is 278 g/mol. The van der Waals surface area contributed by atoms with Gasteiger partial charge in [-0.3, -0.25) is 5.10 Å². The van der Waals surface area contributed by atoms with Crippen LogP contribution >= 0.6 is 0 Å². The molecule has 3 aromatic rings. The highest BCUT2D eigenvalue weighted by Gasteiger charge is 2.09. The summed E-state index contributed by atoms with van der Waals surface area (Å²) >= 11 is 0. The number of aryl methyl sites for hydroxylation is 1. The van der Waals surface area contributed by atoms with Crippen molar-refractivity contribution in [2.45, 2.75) is 26.7 Å². The van der Waals surface area contributed by atoms with Gasteiger partial charge in [0.1, 0.15) is 5.69 Å². The van der Waals surface area contributed by atoms with Crippen LogP contribution in [0.25, 0.3) is 22.9 Å². The lowest BCUT2D eigenvalue weighted by molar-refractivity contribution is 0.867. The van der Waals surface area contributed by atoms with E-state index in [9.17, 15) is 0 Å². The fourth-order valence-electron chi connectivity index (χ4n) is 2.20. The second-order valence-electron chi connectivity index (χ2n) is 5.45. The van der Waals surface area contributed by atoms with Gasteiger partial charge in [-0.2, -0.15) is 5.10 Å². The summed E-state index contributed by atoms with van der Waals surface area (Å²) in [6, 6.07) is 14.2. The van der Waals surface area contributed by atoms with Crippen LogP contribution in [-0.2, 0) is 0 Å². The van der Waals surface area contributed by atoms with E-state index in [0.717, 1.165) is 17.0 Å². The molecule has 0 saturated heterocycles. The molecule has 0 unspecified atom stereocenters. The van der Waals surface area contributed by atoms with Crippen molar-refractivity contribution in [3.05, 3.63) is 53.7 Å². The van der Waals surface area contributed by atoms with Crippen LogP contribution in [-0.4, -0.2) is 20.2 Å². The number of nitrogens with zero attached hydrogens (tertiary/aromatic N) is 3. The number of pyridine rings is 1. The zero-order chi connectivity index (χ0) is 14.8. The number of nitrogens with one attached hydrogen (secondary N) is 1. The molecule has 0 aliphatic rings. The molecule has 4 nitrogen and oxygen atoms in total. The summed E-state index contributed by atoms with van der Waals surface area (Å²) < 4.78 is 0. The van der Waals surface area contributed by atoms with Crippen molar-refractivity contribution in [3.8, 4) is 22.9 Å². The minimum Gasteiger partial charge on any atom is -0.257 e. The molecule has 0 spiro atoms. The van der Waals surface area contributed by atoms with Gasteiger partial charge in [-0.15, -0.1) is 0 Å². The van der Waals surface area contributed by atoms with E-state index in [1.54, 1.807) is 0 Å². The van der Waals surface area contributed by atoms with Crippen LogP contribution in [0, 0.1) is 6.92 Å².